The van der Waals surface area contributed by atoms with Gasteiger partial charge in [0.1, 0.15) is 11.6 Å². The number of rotatable bonds is 7. The number of aromatic nitrogens is 1. The van der Waals surface area contributed by atoms with Crippen molar-refractivity contribution in [1.29, 1.82) is 0 Å². The monoisotopic (exact) mass is 332 g/mol. The number of hydrogen-bond donors (Lipinski definition) is 1. The molecule has 6 heteroatoms. The minimum absolute atomic E-state index is 0.0662. The fraction of sp³-hybridized carbons (Fsp3) is 0.412. The number of nitrogens with zero attached hydrogens (tertiary/aromatic N) is 1. The van der Waals surface area contributed by atoms with Gasteiger partial charge in [-0.15, -0.1) is 11.3 Å². The van der Waals surface area contributed by atoms with Crippen LogP contribution < -0.4 is 5.32 Å². The maximum atomic E-state index is 11.8. The van der Waals surface area contributed by atoms with Gasteiger partial charge in [0.05, 0.1) is 24.9 Å². The molecule has 1 atom stereocenters. The Labute approximate surface area is 139 Å². The summed E-state index contributed by atoms with van der Waals surface area (Å²) < 4.78 is 10.8. The van der Waals surface area contributed by atoms with Crippen molar-refractivity contribution in [3.8, 4) is 11.3 Å². The molecular formula is C17H20N2O3S. The van der Waals surface area contributed by atoms with Gasteiger partial charge in [0.25, 0.3) is 0 Å². The quantitative estimate of drug-likeness (QED) is 0.847. The van der Waals surface area contributed by atoms with Crippen LogP contribution in [0, 0.1) is 0 Å². The molecule has 1 aliphatic heterocycles. The summed E-state index contributed by atoms with van der Waals surface area (Å²) in [5.74, 6) is -0.126. The summed E-state index contributed by atoms with van der Waals surface area (Å²) >= 11 is 1.54. The highest BCUT2D eigenvalue weighted by atomic mass is 32.1. The maximum absolute atomic E-state index is 11.8. The van der Waals surface area contributed by atoms with Crippen molar-refractivity contribution in [2.75, 3.05) is 19.8 Å². The molecule has 0 radical (unpaired) electrons. The maximum Gasteiger partial charge on any atom is 0.246 e. The first-order chi connectivity index (χ1) is 11.3. The van der Waals surface area contributed by atoms with Crippen LogP contribution in [0.1, 0.15) is 17.8 Å². The summed E-state index contributed by atoms with van der Waals surface area (Å²) in [7, 11) is 0. The van der Waals surface area contributed by atoms with Gasteiger partial charge >= 0.3 is 0 Å². The van der Waals surface area contributed by atoms with E-state index in [0.717, 1.165) is 35.7 Å². The number of hydrogen-bond acceptors (Lipinski definition) is 5. The lowest BCUT2D eigenvalue weighted by atomic mass is 10.2. The second-order valence-electron chi connectivity index (χ2n) is 5.42. The second-order valence-corrected chi connectivity index (χ2v) is 6.36. The van der Waals surface area contributed by atoms with E-state index in [0.29, 0.717) is 13.2 Å². The van der Waals surface area contributed by atoms with E-state index in [2.05, 4.69) is 10.3 Å². The number of carbonyl (C=O) groups excluding carboxylic acids is 1. The SMILES string of the molecule is O=C(COC[C@H]1CCCO1)NCc1nc(-c2ccccc2)cs1. The van der Waals surface area contributed by atoms with Gasteiger partial charge < -0.3 is 14.8 Å². The molecule has 0 spiro atoms. The van der Waals surface area contributed by atoms with Crippen molar-refractivity contribution in [2.45, 2.75) is 25.5 Å². The molecule has 1 amide bonds. The molecule has 1 fully saturated rings. The molecular weight excluding hydrogens is 312 g/mol. The average molecular weight is 332 g/mol. The fourth-order valence-electron chi connectivity index (χ4n) is 2.42. The Hall–Kier alpha value is -1.76. The Balaban J connectivity index is 1.40. The molecule has 1 aromatic carbocycles. The van der Waals surface area contributed by atoms with Crippen molar-refractivity contribution >= 4 is 17.2 Å². The number of nitrogens with one attached hydrogen (secondary N) is 1. The predicted octanol–water partition coefficient (Wildman–Crippen LogP) is 2.62. The van der Waals surface area contributed by atoms with E-state index >= 15 is 0 Å². The van der Waals surface area contributed by atoms with Gasteiger partial charge in [-0.05, 0) is 12.8 Å². The first kappa shape index (κ1) is 16.1. The summed E-state index contributed by atoms with van der Waals surface area (Å²) in [5, 5.41) is 5.72. The van der Waals surface area contributed by atoms with Gasteiger partial charge in [0, 0.05) is 17.6 Å². The predicted molar refractivity (Wildman–Crippen MR) is 89.2 cm³/mol. The number of ether oxygens (including phenoxy) is 2. The first-order valence-corrected chi connectivity index (χ1v) is 8.65. The highest BCUT2D eigenvalue weighted by Crippen LogP contribution is 2.21. The number of benzene rings is 1. The average Bonchev–Trinajstić information content (AvgIpc) is 3.25. The molecule has 0 aliphatic carbocycles. The minimum atomic E-state index is -0.126. The zero-order chi connectivity index (χ0) is 15.9. The smallest absolute Gasteiger partial charge is 0.246 e. The van der Waals surface area contributed by atoms with Crippen LogP contribution in [0.3, 0.4) is 0 Å². The number of carbonyl (C=O) groups is 1. The van der Waals surface area contributed by atoms with E-state index < -0.39 is 0 Å². The Morgan fingerprint density at radius 1 is 1.39 bits per heavy atom. The topological polar surface area (TPSA) is 60.5 Å². The molecule has 1 aliphatic rings. The summed E-state index contributed by atoms with van der Waals surface area (Å²) in [5.41, 5.74) is 2.02. The lowest BCUT2D eigenvalue weighted by Crippen LogP contribution is -2.28. The molecule has 2 heterocycles. The molecule has 0 saturated carbocycles. The summed E-state index contributed by atoms with van der Waals surface area (Å²) in [4.78, 5) is 16.3. The molecule has 3 rings (SSSR count). The third-order valence-corrected chi connectivity index (χ3v) is 4.47. The van der Waals surface area contributed by atoms with Crippen LogP contribution in [-0.2, 0) is 20.8 Å². The Kier molecular flexibility index (Phi) is 5.74. The van der Waals surface area contributed by atoms with E-state index in [-0.39, 0.29) is 18.6 Å². The molecule has 2 aromatic rings. The van der Waals surface area contributed by atoms with Crippen molar-refractivity contribution in [3.63, 3.8) is 0 Å². The molecule has 1 saturated heterocycles. The summed E-state index contributed by atoms with van der Waals surface area (Å²) in [6, 6.07) is 10.0. The zero-order valence-electron chi connectivity index (χ0n) is 12.9. The van der Waals surface area contributed by atoms with E-state index in [9.17, 15) is 4.79 Å². The van der Waals surface area contributed by atoms with Crippen LogP contribution in [0.4, 0.5) is 0 Å². The van der Waals surface area contributed by atoms with Gasteiger partial charge in [-0.3, -0.25) is 4.79 Å². The van der Waals surface area contributed by atoms with Crippen LogP contribution in [0.5, 0.6) is 0 Å². The summed E-state index contributed by atoms with van der Waals surface area (Å²) in [6.45, 7) is 1.78. The van der Waals surface area contributed by atoms with Gasteiger partial charge in [-0.25, -0.2) is 4.98 Å². The van der Waals surface area contributed by atoms with Crippen molar-refractivity contribution in [3.05, 3.63) is 40.7 Å². The van der Waals surface area contributed by atoms with E-state index in [1.807, 2.05) is 35.7 Å². The Bertz CT molecular complexity index is 624. The van der Waals surface area contributed by atoms with Crippen molar-refractivity contribution in [2.24, 2.45) is 0 Å². The van der Waals surface area contributed by atoms with E-state index in [4.69, 9.17) is 9.47 Å². The van der Waals surface area contributed by atoms with Crippen LogP contribution >= 0.6 is 11.3 Å². The molecule has 1 N–H and O–H groups in total. The lowest BCUT2D eigenvalue weighted by Gasteiger charge is -2.09. The van der Waals surface area contributed by atoms with Crippen LogP contribution in [0.15, 0.2) is 35.7 Å². The Morgan fingerprint density at radius 2 is 2.26 bits per heavy atom. The number of thiazole rings is 1. The second kappa shape index (κ2) is 8.19. The van der Waals surface area contributed by atoms with Crippen LogP contribution in [-0.4, -0.2) is 36.8 Å². The minimum Gasteiger partial charge on any atom is -0.376 e. The van der Waals surface area contributed by atoms with E-state index in [1.165, 1.54) is 0 Å². The molecule has 122 valence electrons. The van der Waals surface area contributed by atoms with E-state index in [1.54, 1.807) is 11.3 Å². The largest absolute Gasteiger partial charge is 0.376 e. The fourth-order valence-corrected chi connectivity index (χ4v) is 3.16. The van der Waals surface area contributed by atoms with Gasteiger partial charge in [-0.1, -0.05) is 30.3 Å². The van der Waals surface area contributed by atoms with Gasteiger partial charge in [0.2, 0.25) is 5.91 Å². The zero-order valence-corrected chi connectivity index (χ0v) is 13.7. The first-order valence-electron chi connectivity index (χ1n) is 7.77. The normalized spacial score (nSPS) is 17.3. The van der Waals surface area contributed by atoms with Crippen LogP contribution in [0.25, 0.3) is 11.3 Å². The third-order valence-electron chi connectivity index (χ3n) is 3.62. The van der Waals surface area contributed by atoms with Crippen molar-refractivity contribution < 1.29 is 14.3 Å². The molecule has 0 bridgehead atoms. The molecule has 5 nitrogen and oxygen atoms in total. The molecule has 0 unspecified atom stereocenters. The van der Waals surface area contributed by atoms with Crippen LogP contribution in [0.2, 0.25) is 0 Å². The number of amides is 1. The standard InChI is InChI=1S/C17H20N2O3S/c20-16(11-21-10-14-7-4-8-22-14)18-9-17-19-15(12-23-17)13-5-2-1-3-6-13/h1-3,5-6,12,14H,4,7-11H2,(H,18,20)/t14-/m1/s1. The van der Waals surface area contributed by atoms with Gasteiger partial charge in [0.15, 0.2) is 0 Å². The van der Waals surface area contributed by atoms with Gasteiger partial charge in [-0.2, -0.15) is 0 Å². The van der Waals surface area contributed by atoms with Crippen molar-refractivity contribution in [1.82, 2.24) is 10.3 Å². The molecule has 23 heavy (non-hydrogen) atoms. The highest BCUT2D eigenvalue weighted by Gasteiger charge is 2.16. The molecule has 1 aromatic heterocycles. The lowest BCUT2D eigenvalue weighted by molar-refractivity contribution is -0.127. The Morgan fingerprint density at radius 3 is 3.04 bits per heavy atom. The third kappa shape index (κ3) is 4.86. The highest BCUT2D eigenvalue weighted by molar-refractivity contribution is 7.09. The summed E-state index contributed by atoms with van der Waals surface area (Å²) in [6.07, 6.45) is 2.24.